The molecule has 5 nitrogen and oxygen atoms in total. The van der Waals surface area contributed by atoms with Crippen LogP contribution < -0.4 is 5.32 Å². The van der Waals surface area contributed by atoms with Crippen molar-refractivity contribution in [1.29, 1.82) is 0 Å². The quantitative estimate of drug-likeness (QED) is 0.464. The lowest BCUT2D eigenvalue weighted by atomic mass is 10.2. The topological polar surface area (TPSA) is 64.1 Å². The SMILES string of the molecule is CCOC(=O)c1cnc(SC)nc1NCc1ccc(Cl)cc1Cl. The highest BCUT2D eigenvalue weighted by Gasteiger charge is 2.16. The van der Waals surface area contributed by atoms with Crippen molar-refractivity contribution in [3.63, 3.8) is 0 Å². The highest BCUT2D eigenvalue weighted by Crippen LogP contribution is 2.23. The molecule has 0 aliphatic carbocycles. The second kappa shape index (κ2) is 8.38. The van der Waals surface area contributed by atoms with Gasteiger partial charge >= 0.3 is 5.97 Å². The third-order valence-corrected chi connectivity index (χ3v) is 4.05. The maximum Gasteiger partial charge on any atom is 0.343 e. The molecule has 0 radical (unpaired) electrons. The van der Waals surface area contributed by atoms with Crippen LogP contribution in [0.15, 0.2) is 29.6 Å². The molecule has 0 atom stereocenters. The van der Waals surface area contributed by atoms with Gasteiger partial charge in [0.15, 0.2) is 5.16 Å². The van der Waals surface area contributed by atoms with Crippen LogP contribution in [0.5, 0.6) is 0 Å². The van der Waals surface area contributed by atoms with Crippen molar-refractivity contribution in [3.05, 3.63) is 45.6 Å². The molecule has 2 aromatic rings. The number of nitrogens with zero attached hydrogens (tertiary/aromatic N) is 2. The van der Waals surface area contributed by atoms with Gasteiger partial charge in [0.25, 0.3) is 0 Å². The van der Waals surface area contributed by atoms with Gasteiger partial charge in [-0.25, -0.2) is 14.8 Å². The van der Waals surface area contributed by atoms with Crippen LogP contribution in [-0.2, 0) is 11.3 Å². The molecule has 0 aliphatic heterocycles. The number of ether oxygens (including phenoxy) is 1. The molecule has 1 aromatic heterocycles. The number of thioether (sulfide) groups is 1. The van der Waals surface area contributed by atoms with E-state index >= 15 is 0 Å². The first kappa shape index (κ1) is 17.8. The first-order valence-corrected chi connectivity index (χ1v) is 8.79. The number of carbonyl (C=O) groups is 1. The smallest absolute Gasteiger partial charge is 0.343 e. The van der Waals surface area contributed by atoms with Crippen molar-refractivity contribution >= 4 is 46.8 Å². The summed E-state index contributed by atoms with van der Waals surface area (Å²) < 4.78 is 5.02. The number of carbonyl (C=O) groups excluding carboxylic acids is 1. The van der Waals surface area contributed by atoms with Crippen LogP contribution in [0.2, 0.25) is 10.0 Å². The van der Waals surface area contributed by atoms with Gasteiger partial charge in [-0.2, -0.15) is 0 Å². The highest BCUT2D eigenvalue weighted by molar-refractivity contribution is 7.98. The minimum Gasteiger partial charge on any atom is -0.462 e. The van der Waals surface area contributed by atoms with Gasteiger partial charge in [0.2, 0.25) is 0 Å². The first-order valence-electron chi connectivity index (χ1n) is 6.81. The van der Waals surface area contributed by atoms with Gasteiger partial charge in [-0.05, 0) is 30.9 Å². The Balaban J connectivity index is 2.24. The molecule has 1 heterocycles. The predicted molar refractivity (Wildman–Crippen MR) is 93.6 cm³/mol. The number of esters is 1. The molecule has 0 saturated carbocycles. The highest BCUT2D eigenvalue weighted by atomic mass is 35.5. The molecule has 1 N–H and O–H groups in total. The van der Waals surface area contributed by atoms with E-state index in [0.717, 1.165) is 5.56 Å². The molecule has 0 saturated heterocycles. The summed E-state index contributed by atoms with van der Waals surface area (Å²) in [5.41, 5.74) is 1.13. The summed E-state index contributed by atoms with van der Waals surface area (Å²) in [5.74, 6) is -0.0568. The van der Waals surface area contributed by atoms with Crippen molar-refractivity contribution < 1.29 is 9.53 Å². The summed E-state index contributed by atoms with van der Waals surface area (Å²) in [6.45, 7) is 2.43. The Morgan fingerprint density at radius 1 is 1.39 bits per heavy atom. The van der Waals surface area contributed by atoms with Crippen LogP contribution in [0.4, 0.5) is 5.82 Å². The summed E-state index contributed by atoms with van der Waals surface area (Å²) >= 11 is 13.4. The van der Waals surface area contributed by atoms with E-state index in [-0.39, 0.29) is 12.2 Å². The summed E-state index contributed by atoms with van der Waals surface area (Å²) in [6, 6.07) is 5.24. The second-order valence-corrected chi connectivity index (χ2v) is 6.05. The van der Waals surface area contributed by atoms with Crippen LogP contribution in [-0.4, -0.2) is 28.8 Å². The number of aromatic nitrogens is 2. The van der Waals surface area contributed by atoms with Crippen molar-refractivity contribution in [2.45, 2.75) is 18.6 Å². The minimum atomic E-state index is -0.468. The Labute approximate surface area is 148 Å². The summed E-state index contributed by atoms with van der Waals surface area (Å²) in [4.78, 5) is 20.4. The standard InChI is InChI=1S/C15H15Cl2N3O2S/c1-3-22-14(21)11-8-19-15(23-2)20-13(11)18-7-9-4-5-10(16)6-12(9)17/h4-6,8H,3,7H2,1-2H3,(H,18,19,20). The maximum atomic E-state index is 12.0. The van der Waals surface area contributed by atoms with Crippen LogP contribution in [0.3, 0.4) is 0 Å². The third-order valence-electron chi connectivity index (χ3n) is 2.91. The van der Waals surface area contributed by atoms with E-state index in [1.807, 2.05) is 12.3 Å². The summed E-state index contributed by atoms with van der Waals surface area (Å²) in [6.07, 6.45) is 3.32. The maximum absolute atomic E-state index is 12.0. The molecular formula is C15H15Cl2N3O2S. The molecule has 2 rings (SSSR count). The molecule has 23 heavy (non-hydrogen) atoms. The van der Waals surface area contributed by atoms with Gasteiger partial charge in [-0.3, -0.25) is 0 Å². The van der Waals surface area contributed by atoms with E-state index in [1.165, 1.54) is 18.0 Å². The normalized spacial score (nSPS) is 10.4. The third kappa shape index (κ3) is 4.73. The van der Waals surface area contributed by atoms with Gasteiger partial charge in [-0.1, -0.05) is 41.0 Å². The number of rotatable bonds is 6. The van der Waals surface area contributed by atoms with Crippen molar-refractivity contribution in [2.75, 3.05) is 18.2 Å². The van der Waals surface area contributed by atoms with Crippen LogP contribution in [0.1, 0.15) is 22.8 Å². The zero-order valence-electron chi connectivity index (χ0n) is 12.6. The van der Waals surface area contributed by atoms with Crippen molar-refractivity contribution in [2.24, 2.45) is 0 Å². The van der Waals surface area contributed by atoms with Crippen LogP contribution in [0, 0.1) is 0 Å². The zero-order valence-corrected chi connectivity index (χ0v) is 14.9. The fraction of sp³-hybridized carbons (Fsp3) is 0.267. The summed E-state index contributed by atoms with van der Waals surface area (Å²) in [5, 5.41) is 4.78. The number of anilines is 1. The largest absolute Gasteiger partial charge is 0.462 e. The van der Waals surface area contributed by atoms with E-state index in [1.54, 1.807) is 19.1 Å². The first-order chi connectivity index (χ1) is 11.0. The number of benzene rings is 1. The van der Waals surface area contributed by atoms with E-state index < -0.39 is 5.97 Å². The molecule has 8 heteroatoms. The average molecular weight is 372 g/mol. The predicted octanol–water partition coefficient (Wildman–Crippen LogP) is 4.29. The fourth-order valence-electron chi connectivity index (χ4n) is 1.80. The van der Waals surface area contributed by atoms with Gasteiger partial charge in [0, 0.05) is 22.8 Å². The number of halogens is 2. The summed E-state index contributed by atoms with van der Waals surface area (Å²) in [7, 11) is 0. The molecular weight excluding hydrogens is 357 g/mol. The minimum absolute atomic E-state index is 0.283. The van der Waals surface area contributed by atoms with Crippen molar-refractivity contribution in [1.82, 2.24) is 9.97 Å². The molecule has 0 fully saturated rings. The number of hydrogen-bond acceptors (Lipinski definition) is 6. The Bertz CT molecular complexity index is 713. The van der Waals surface area contributed by atoms with Crippen LogP contribution >= 0.6 is 35.0 Å². The Morgan fingerprint density at radius 2 is 2.17 bits per heavy atom. The monoisotopic (exact) mass is 371 g/mol. The van der Waals surface area contributed by atoms with Gasteiger partial charge in [0.1, 0.15) is 11.4 Å². The Morgan fingerprint density at radius 3 is 2.83 bits per heavy atom. The van der Waals surface area contributed by atoms with Gasteiger partial charge in [-0.15, -0.1) is 0 Å². The Kier molecular flexibility index (Phi) is 6.50. The van der Waals surface area contributed by atoms with Gasteiger partial charge < -0.3 is 10.1 Å². The molecule has 1 aromatic carbocycles. The molecule has 0 amide bonds. The van der Waals surface area contributed by atoms with Crippen LogP contribution in [0.25, 0.3) is 0 Å². The van der Waals surface area contributed by atoms with Crippen molar-refractivity contribution in [3.8, 4) is 0 Å². The van der Waals surface area contributed by atoms with E-state index in [2.05, 4.69) is 15.3 Å². The fourth-order valence-corrected chi connectivity index (χ4v) is 2.62. The lowest BCUT2D eigenvalue weighted by Gasteiger charge is -2.12. The number of nitrogens with one attached hydrogen (secondary N) is 1. The lowest BCUT2D eigenvalue weighted by molar-refractivity contribution is 0.0526. The molecule has 0 spiro atoms. The average Bonchev–Trinajstić information content (AvgIpc) is 2.54. The molecule has 122 valence electrons. The molecule has 0 aliphatic rings. The zero-order chi connectivity index (χ0) is 16.8. The second-order valence-electron chi connectivity index (χ2n) is 4.43. The van der Waals surface area contributed by atoms with Gasteiger partial charge in [0.05, 0.1) is 6.61 Å². The molecule has 0 bridgehead atoms. The Hall–Kier alpha value is -1.50. The number of hydrogen-bond donors (Lipinski definition) is 1. The van der Waals surface area contributed by atoms with E-state index in [4.69, 9.17) is 27.9 Å². The van der Waals surface area contributed by atoms with E-state index in [0.29, 0.717) is 27.6 Å². The lowest BCUT2D eigenvalue weighted by Crippen LogP contribution is -2.12. The molecule has 0 unspecified atom stereocenters. The van der Waals surface area contributed by atoms with E-state index in [9.17, 15) is 4.79 Å².